The summed E-state index contributed by atoms with van der Waals surface area (Å²) in [6.07, 6.45) is 0. The highest BCUT2D eigenvalue weighted by molar-refractivity contribution is 6.35. The second kappa shape index (κ2) is 10.1. The van der Waals surface area contributed by atoms with E-state index in [0.717, 1.165) is 36.7 Å². The first-order valence-corrected chi connectivity index (χ1v) is 11.9. The van der Waals surface area contributed by atoms with Crippen LogP contribution in [0.4, 0.5) is 0 Å². The van der Waals surface area contributed by atoms with Gasteiger partial charge in [0.2, 0.25) is 6.79 Å². The molecule has 0 aromatic heterocycles. The molecule has 0 saturated carbocycles. The molecule has 0 spiro atoms. The lowest BCUT2D eigenvalue weighted by Crippen LogP contribution is -2.48. The molecule has 176 valence electrons. The van der Waals surface area contributed by atoms with Gasteiger partial charge in [0.15, 0.2) is 11.5 Å². The summed E-state index contributed by atoms with van der Waals surface area (Å²) >= 11 is 12.1. The molecular formula is C26H24Cl2N2O4. The second-order valence-corrected chi connectivity index (χ2v) is 9.16. The fourth-order valence-electron chi connectivity index (χ4n) is 4.14. The monoisotopic (exact) mass is 498 g/mol. The molecule has 3 aromatic rings. The quantitative estimate of drug-likeness (QED) is 0.463. The van der Waals surface area contributed by atoms with Gasteiger partial charge in [-0.25, -0.2) is 0 Å². The number of halogens is 2. The molecule has 2 aliphatic heterocycles. The molecule has 1 fully saturated rings. The number of carbonyl (C=O) groups is 1. The Morgan fingerprint density at radius 2 is 1.71 bits per heavy atom. The summed E-state index contributed by atoms with van der Waals surface area (Å²) < 4.78 is 16.7. The number of benzene rings is 3. The molecule has 0 N–H and O–H groups in total. The zero-order valence-electron chi connectivity index (χ0n) is 18.5. The number of fused-ring (bicyclic) bond motifs is 1. The Morgan fingerprint density at radius 1 is 0.882 bits per heavy atom. The third kappa shape index (κ3) is 5.25. The lowest BCUT2D eigenvalue weighted by Gasteiger charge is -2.34. The van der Waals surface area contributed by atoms with Crippen LogP contribution >= 0.6 is 23.2 Å². The average molecular weight is 499 g/mol. The van der Waals surface area contributed by atoms with Gasteiger partial charge in [0.05, 0.1) is 5.02 Å². The normalized spacial score (nSPS) is 15.4. The standard InChI is InChI=1S/C26H24Cl2N2O4/c27-21-5-7-23(22(28)14-21)32-16-19-2-1-3-20(12-19)26(31)30-10-8-29(9-11-30)15-18-4-6-24-25(13-18)34-17-33-24/h1-7,12-14H,8-11,15-17H2. The van der Waals surface area contributed by atoms with Gasteiger partial charge in [0, 0.05) is 43.3 Å². The van der Waals surface area contributed by atoms with Crippen LogP contribution in [0.5, 0.6) is 17.2 Å². The minimum Gasteiger partial charge on any atom is -0.487 e. The number of ether oxygens (including phenoxy) is 3. The van der Waals surface area contributed by atoms with Gasteiger partial charge in [-0.3, -0.25) is 9.69 Å². The number of hydrogen-bond donors (Lipinski definition) is 0. The summed E-state index contributed by atoms with van der Waals surface area (Å²) in [4.78, 5) is 17.4. The van der Waals surface area contributed by atoms with Crippen LogP contribution in [0.2, 0.25) is 10.0 Å². The van der Waals surface area contributed by atoms with E-state index in [1.165, 1.54) is 5.56 Å². The van der Waals surface area contributed by atoms with Crippen molar-refractivity contribution < 1.29 is 19.0 Å². The smallest absolute Gasteiger partial charge is 0.253 e. The molecule has 0 aliphatic carbocycles. The molecular weight excluding hydrogens is 475 g/mol. The van der Waals surface area contributed by atoms with E-state index >= 15 is 0 Å². The fraction of sp³-hybridized carbons (Fsp3) is 0.269. The number of carbonyl (C=O) groups excluding carboxylic acids is 1. The molecule has 0 radical (unpaired) electrons. The van der Waals surface area contributed by atoms with Crippen molar-refractivity contribution in [2.24, 2.45) is 0 Å². The molecule has 3 aromatic carbocycles. The van der Waals surface area contributed by atoms with Crippen LogP contribution in [0.3, 0.4) is 0 Å². The van der Waals surface area contributed by atoms with E-state index in [1.54, 1.807) is 18.2 Å². The summed E-state index contributed by atoms with van der Waals surface area (Å²) in [5.41, 5.74) is 2.74. The van der Waals surface area contributed by atoms with E-state index in [2.05, 4.69) is 11.0 Å². The maximum Gasteiger partial charge on any atom is 0.253 e. The minimum atomic E-state index is 0.0362. The van der Waals surface area contributed by atoms with Crippen LogP contribution in [-0.4, -0.2) is 48.7 Å². The van der Waals surface area contributed by atoms with E-state index in [1.807, 2.05) is 41.3 Å². The van der Waals surface area contributed by atoms with Crippen molar-refractivity contribution in [3.8, 4) is 17.2 Å². The molecule has 6 nitrogen and oxygen atoms in total. The van der Waals surface area contributed by atoms with Gasteiger partial charge in [-0.2, -0.15) is 0 Å². The van der Waals surface area contributed by atoms with Crippen LogP contribution in [0.1, 0.15) is 21.5 Å². The molecule has 34 heavy (non-hydrogen) atoms. The van der Waals surface area contributed by atoms with Gasteiger partial charge in [-0.15, -0.1) is 0 Å². The van der Waals surface area contributed by atoms with E-state index in [0.29, 0.717) is 41.1 Å². The topological polar surface area (TPSA) is 51.2 Å². The highest BCUT2D eigenvalue weighted by Gasteiger charge is 2.23. The second-order valence-electron chi connectivity index (χ2n) is 8.32. The minimum absolute atomic E-state index is 0.0362. The first kappa shape index (κ1) is 22.8. The Labute approximate surface area is 208 Å². The maximum absolute atomic E-state index is 13.1. The highest BCUT2D eigenvalue weighted by atomic mass is 35.5. The van der Waals surface area contributed by atoms with E-state index in [4.69, 9.17) is 37.4 Å². The summed E-state index contributed by atoms with van der Waals surface area (Å²) in [6, 6.07) is 18.7. The molecule has 1 saturated heterocycles. The Bertz CT molecular complexity index is 1200. The molecule has 2 aliphatic rings. The van der Waals surface area contributed by atoms with Gasteiger partial charge in [-0.1, -0.05) is 41.4 Å². The van der Waals surface area contributed by atoms with E-state index in [9.17, 15) is 4.79 Å². The van der Waals surface area contributed by atoms with Crippen molar-refractivity contribution in [1.29, 1.82) is 0 Å². The Kier molecular flexibility index (Phi) is 6.81. The molecule has 1 amide bonds. The van der Waals surface area contributed by atoms with E-state index in [-0.39, 0.29) is 12.7 Å². The van der Waals surface area contributed by atoms with Crippen molar-refractivity contribution >= 4 is 29.1 Å². The van der Waals surface area contributed by atoms with Crippen molar-refractivity contribution in [3.63, 3.8) is 0 Å². The summed E-state index contributed by atoms with van der Waals surface area (Å²) in [5.74, 6) is 2.19. The highest BCUT2D eigenvalue weighted by Crippen LogP contribution is 2.33. The number of hydrogen-bond acceptors (Lipinski definition) is 5. The average Bonchev–Trinajstić information content (AvgIpc) is 3.32. The summed E-state index contributed by atoms with van der Waals surface area (Å²) in [5, 5.41) is 1.01. The zero-order chi connectivity index (χ0) is 23.5. The Hall–Kier alpha value is -2.93. The van der Waals surface area contributed by atoms with E-state index < -0.39 is 0 Å². The Morgan fingerprint density at radius 3 is 2.53 bits per heavy atom. The number of amides is 1. The molecule has 0 unspecified atom stereocenters. The van der Waals surface area contributed by atoms with Crippen molar-refractivity contribution in [2.45, 2.75) is 13.2 Å². The molecule has 8 heteroatoms. The first-order valence-electron chi connectivity index (χ1n) is 11.1. The third-order valence-corrected chi connectivity index (χ3v) is 6.50. The predicted octanol–water partition coefficient (Wildman–Crippen LogP) is 5.26. The maximum atomic E-state index is 13.1. The van der Waals surface area contributed by atoms with Gasteiger partial charge in [0.25, 0.3) is 5.91 Å². The van der Waals surface area contributed by atoms with Gasteiger partial charge in [0.1, 0.15) is 12.4 Å². The lowest BCUT2D eigenvalue weighted by molar-refractivity contribution is 0.0628. The van der Waals surface area contributed by atoms with Crippen LogP contribution in [-0.2, 0) is 13.2 Å². The molecule has 0 atom stereocenters. The third-order valence-electron chi connectivity index (χ3n) is 5.96. The molecule has 5 rings (SSSR count). The van der Waals surface area contributed by atoms with Gasteiger partial charge >= 0.3 is 0 Å². The zero-order valence-corrected chi connectivity index (χ0v) is 20.0. The van der Waals surface area contributed by atoms with Gasteiger partial charge in [-0.05, 0) is 53.6 Å². The van der Waals surface area contributed by atoms with Crippen molar-refractivity contribution in [2.75, 3.05) is 33.0 Å². The van der Waals surface area contributed by atoms with Crippen LogP contribution in [0.25, 0.3) is 0 Å². The Balaban J connectivity index is 1.15. The number of piperazine rings is 1. The largest absolute Gasteiger partial charge is 0.487 e. The number of rotatable bonds is 6. The SMILES string of the molecule is O=C(c1cccc(COc2ccc(Cl)cc2Cl)c1)N1CCN(Cc2ccc3c(c2)OCO3)CC1. The molecule has 2 heterocycles. The molecule has 0 bridgehead atoms. The van der Waals surface area contributed by atoms with Crippen LogP contribution in [0, 0.1) is 0 Å². The van der Waals surface area contributed by atoms with Crippen LogP contribution in [0.15, 0.2) is 60.7 Å². The summed E-state index contributed by atoms with van der Waals surface area (Å²) in [6.45, 7) is 4.41. The van der Waals surface area contributed by atoms with Gasteiger partial charge < -0.3 is 19.1 Å². The lowest BCUT2D eigenvalue weighted by atomic mass is 10.1. The van der Waals surface area contributed by atoms with Crippen LogP contribution < -0.4 is 14.2 Å². The first-order chi connectivity index (χ1) is 16.5. The number of nitrogens with zero attached hydrogens (tertiary/aromatic N) is 2. The van der Waals surface area contributed by atoms with Crippen molar-refractivity contribution in [1.82, 2.24) is 9.80 Å². The van der Waals surface area contributed by atoms with Crippen molar-refractivity contribution in [3.05, 3.63) is 87.4 Å². The predicted molar refractivity (Wildman–Crippen MR) is 131 cm³/mol. The fourth-order valence-corrected chi connectivity index (χ4v) is 4.60. The summed E-state index contributed by atoms with van der Waals surface area (Å²) in [7, 11) is 0.